The third-order valence-electron chi connectivity index (χ3n) is 6.32. The van der Waals surface area contributed by atoms with Gasteiger partial charge in [0.05, 0.1) is 29.0 Å². The zero-order valence-electron chi connectivity index (χ0n) is 22.5. The number of aromatic nitrogens is 2. The molecule has 0 aliphatic carbocycles. The SMILES string of the molecule is COCCNC(=O)CN1C(=O)CSC(c2cccc(C)c2)c2c(C(C)(C)C)nn(-c3cccc(C)c3)c21. The summed E-state index contributed by atoms with van der Waals surface area (Å²) in [4.78, 5) is 28.2. The number of carbonyl (C=O) groups excluding carboxylic acids is 2. The summed E-state index contributed by atoms with van der Waals surface area (Å²) in [6, 6.07) is 16.5. The number of anilines is 1. The fourth-order valence-corrected chi connectivity index (χ4v) is 5.79. The molecular formula is C29H36N4O3S. The number of methoxy groups -OCH3 is 1. The highest BCUT2D eigenvalue weighted by Crippen LogP contribution is 2.48. The van der Waals surface area contributed by atoms with Gasteiger partial charge in [0, 0.05) is 24.6 Å². The number of thioether (sulfide) groups is 1. The molecule has 0 saturated heterocycles. The number of nitrogens with zero attached hydrogens (tertiary/aromatic N) is 3. The predicted octanol–water partition coefficient (Wildman–Crippen LogP) is 4.72. The minimum Gasteiger partial charge on any atom is -0.383 e. The molecule has 2 heterocycles. The Morgan fingerprint density at radius 2 is 1.84 bits per heavy atom. The smallest absolute Gasteiger partial charge is 0.240 e. The topological polar surface area (TPSA) is 76.5 Å². The van der Waals surface area contributed by atoms with Gasteiger partial charge in [0.25, 0.3) is 0 Å². The van der Waals surface area contributed by atoms with Crippen LogP contribution in [0.15, 0.2) is 48.5 Å². The Hall–Kier alpha value is -3.10. The molecule has 2 aromatic carbocycles. The normalized spacial score (nSPS) is 15.9. The molecule has 1 aliphatic rings. The first-order valence-corrected chi connectivity index (χ1v) is 13.6. The van der Waals surface area contributed by atoms with E-state index in [1.165, 1.54) is 0 Å². The van der Waals surface area contributed by atoms with E-state index in [0.29, 0.717) is 19.0 Å². The van der Waals surface area contributed by atoms with Gasteiger partial charge in [-0.3, -0.25) is 14.5 Å². The standard InChI is InChI=1S/C29H36N4O3S/c1-19-9-7-11-21(15-19)26-25-27(29(3,4)5)31-33(22-12-8-10-20(2)16-22)28(25)32(24(35)18-37-26)17-23(34)30-13-14-36-6/h7-12,15-16,26H,13-14,17-18H2,1-6H3,(H,30,34). The third kappa shape index (κ3) is 5.91. The van der Waals surface area contributed by atoms with Gasteiger partial charge in [-0.15, -0.1) is 11.8 Å². The minimum absolute atomic E-state index is 0.0856. The zero-order valence-corrected chi connectivity index (χ0v) is 23.3. The first-order chi connectivity index (χ1) is 17.6. The van der Waals surface area contributed by atoms with E-state index in [1.807, 2.05) is 29.8 Å². The number of fused-ring (bicyclic) bond motifs is 1. The number of aryl methyl sites for hydroxylation is 2. The van der Waals surface area contributed by atoms with Crippen LogP contribution >= 0.6 is 11.8 Å². The first kappa shape index (κ1) is 26.9. The lowest BCUT2D eigenvalue weighted by molar-refractivity contribution is -0.123. The second-order valence-corrected chi connectivity index (χ2v) is 11.6. The van der Waals surface area contributed by atoms with Gasteiger partial charge >= 0.3 is 0 Å². The van der Waals surface area contributed by atoms with Crippen molar-refractivity contribution in [1.82, 2.24) is 15.1 Å². The van der Waals surface area contributed by atoms with Gasteiger partial charge in [-0.25, -0.2) is 4.68 Å². The fourth-order valence-electron chi connectivity index (χ4n) is 4.60. The van der Waals surface area contributed by atoms with Crippen LogP contribution in [0.1, 0.15) is 54.0 Å². The maximum absolute atomic E-state index is 13.7. The van der Waals surface area contributed by atoms with Crippen LogP contribution in [0, 0.1) is 13.8 Å². The van der Waals surface area contributed by atoms with Crippen molar-refractivity contribution >= 4 is 29.4 Å². The quantitative estimate of drug-likeness (QED) is 0.457. The molecule has 2 amide bonds. The molecule has 8 heteroatoms. The molecule has 1 aliphatic heterocycles. The lowest BCUT2D eigenvalue weighted by Gasteiger charge is -2.24. The lowest BCUT2D eigenvalue weighted by Crippen LogP contribution is -2.43. The van der Waals surface area contributed by atoms with Crippen LogP contribution < -0.4 is 10.2 Å². The average molecular weight is 521 g/mol. The number of carbonyl (C=O) groups is 2. The predicted molar refractivity (Wildman–Crippen MR) is 150 cm³/mol. The van der Waals surface area contributed by atoms with E-state index in [1.54, 1.807) is 23.8 Å². The number of nitrogens with one attached hydrogen (secondary N) is 1. The average Bonchev–Trinajstić information content (AvgIpc) is 3.17. The summed E-state index contributed by atoms with van der Waals surface area (Å²) >= 11 is 1.59. The highest BCUT2D eigenvalue weighted by molar-refractivity contribution is 8.00. The summed E-state index contributed by atoms with van der Waals surface area (Å²) in [6.45, 7) is 11.2. The van der Waals surface area contributed by atoms with Crippen molar-refractivity contribution in [2.75, 3.05) is 37.5 Å². The number of benzene rings is 2. The Bertz CT molecular complexity index is 1290. The third-order valence-corrected chi connectivity index (χ3v) is 7.58. The van der Waals surface area contributed by atoms with E-state index in [2.05, 4.69) is 63.3 Å². The zero-order chi connectivity index (χ0) is 26.7. The number of hydrogen-bond donors (Lipinski definition) is 1. The molecule has 1 N–H and O–H groups in total. The van der Waals surface area contributed by atoms with E-state index in [-0.39, 0.29) is 34.8 Å². The van der Waals surface area contributed by atoms with Gasteiger partial charge in [-0.1, -0.05) is 62.7 Å². The molecule has 0 spiro atoms. The van der Waals surface area contributed by atoms with E-state index < -0.39 is 0 Å². The van der Waals surface area contributed by atoms with E-state index in [9.17, 15) is 9.59 Å². The highest BCUT2D eigenvalue weighted by Gasteiger charge is 2.39. The van der Waals surface area contributed by atoms with Crippen LogP contribution in [0.3, 0.4) is 0 Å². The molecule has 0 radical (unpaired) electrons. The summed E-state index contributed by atoms with van der Waals surface area (Å²) in [5.41, 5.74) is 5.85. The summed E-state index contributed by atoms with van der Waals surface area (Å²) in [7, 11) is 1.59. The Kier molecular flexibility index (Phi) is 8.09. The van der Waals surface area contributed by atoms with Gasteiger partial charge in [0.2, 0.25) is 11.8 Å². The van der Waals surface area contributed by atoms with Crippen molar-refractivity contribution in [2.45, 2.75) is 45.3 Å². The second-order valence-electron chi connectivity index (χ2n) is 10.5. The number of ether oxygens (including phenoxy) is 1. The Labute approximate surface area is 223 Å². The molecule has 0 fully saturated rings. The fraction of sp³-hybridized carbons (Fsp3) is 0.414. The molecule has 4 rings (SSSR count). The molecule has 1 aromatic heterocycles. The van der Waals surface area contributed by atoms with Gasteiger partial charge < -0.3 is 10.1 Å². The molecule has 3 aromatic rings. The van der Waals surface area contributed by atoms with Crippen molar-refractivity contribution in [3.8, 4) is 5.69 Å². The van der Waals surface area contributed by atoms with Crippen LogP contribution in [-0.2, 0) is 19.7 Å². The molecule has 1 unspecified atom stereocenters. The first-order valence-electron chi connectivity index (χ1n) is 12.5. The van der Waals surface area contributed by atoms with E-state index >= 15 is 0 Å². The van der Waals surface area contributed by atoms with E-state index in [4.69, 9.17) is 9.84 Å². The van der Waals surface area contributed by atoms with Crippen molar-refractivity contribution in [1.29, 1.82) is 0 Å². The largest absolute Gasteiger partial charge is 0.383 e. The lowest BCUT2D eigenvalue weighted by atomic mass is 9.87. The maximum Gasteiger partial charge on any atom is 0.240 e. The van der Waals surface area contributed by atoms with Crippen molar-refractivity contribution in [2.24, 2.45) is 0 Å². The highest BCUT2D eigenvalue weighted by atomic mass is 32.2. The van der Waals surface area contributed by atoms with Crippen LogP contribution in [-0.4, -0.2) is 54.2 Å². The van der Waals surface area contributed by atoms with Crippen molar-refractivity contribution in [3.05, 3.63) is 76.5 Å². The molecule has 7 nitrogen and oxygen atoms in total. The van der Waals surface area contributed by atoms with Gasteiger partial charge in [-0.05, 0) is 37.1 Å². The van der Waals surface area contributed by atoms with Crippen molar-refractivity contribution in [3.63, 3.8) is 0 Å². The van der Waals surface area contributed by atoms with Crippen LogP contribution in [0.2, 0.25) is 0 Å². The number of amides is 2. The maximum atomic E-state index is 13.7. The molecular weight excluding hydrogens is 484 g/mol. The summed E-state index contributed by atoms with van der Waals surface area (Å²) in [5, 5.41) is 7.90. The summed E-state index contributed by atoms with van der Waals surface area (Å²) in [6.07, 6.45) is 0. The Morgan fingerprint density at radius 1 is 1.14 bits per heavy atom. The second kappa shape index (κ2) is 11.1. The number of rotatable bonds is 7. The van der Waals surface area contributed by atoms with Crippen LogP contribution in [0.25, 0.3) is 5.69 Å². The molecule has 1 atom stereocenters. The monoisotopic (exact) mass is 520 g/mol. The van der Waals surface area contributed by atoms with Gasteiger partial charge in [0.1, 0.15) is 12.4 Å². The van der Waals surface area contributed by atoms with Gasteiger partial charge in [0.15, 0.2) is 0 Å². The Balaban J connectivity index is 1.96. The van der Waals surface area contributed by atoms with Crippen LogP contribution in [0.4, 0.5) is 5.82 Å². The minimum atomic E-state index is -0.290. The summed E-state index contributed by atoms with van der Waals surface area (Å²) < 4.78 is 6.93. The van der Waals surface area contributed by atoms with Crippen molar-refractivity contribution < 1.29 is 14.3 Å². The molecule has 0 saturated carbocycles. The Morgan fingerprint density at radius 3 is 2.49 bits per heavy atom. The molecule has 0 bridgehead atoms. The summed E-state index contributed by atoms with van der Waals surface area (Å²) in [5.74, 6) is 0.580. The van der Waals surface area contributed by atoms with Gasteiger partial charge in [-0.2, -0.15) is 5.10 Å². The molecule has 37 heavy (non-hydrogen) atoms. The van der Waals surface area contributed by atoms with E-state index in [0.717, 1.165) is 33.6 Å². The van der Waals surface area contributed by atoms with Crippen LogP contribution in [0.5, 0.6) is 0 Å². The number of hydrogen-bond acceptors (Lipinski definition) is 5. The molecule has 196 valence electrons.